The first-order valence-corrected chi connectivity index (χ1v) is 11.7. The van der Waals surface area contributed by atoms with Crippen molar-refractivity contribution in [3.8, 4) is 5.75 Å². The maximum absolute atomic E-state index is 12.4. The van der Waals surface area contributed by atoms with E-state index < -0.39 is 4.92 Å². The average molecular weight is 490 g/mol. The lowest BCUT2D eigenvalue weighted by Crippen LogP contribution is -2.15. The number of nitro groups is 1. The fraction of sp³-hybridized carbons (Fsp3) is 0.318. The Bertz CT molecular complexity index is 1110. The van der Waals surface area contributed by atoms with Crippen LogP contribution in [0.4, 0.5) is 11.4 Å². The molecule has 0 bridgehead atoms. The molecule has 0 fully saturated rings. The SMILES string of the molecule is CC(C)CCn1c(COc2ccccc2)nnc1SCC(=O)Nc1ccc(Cl)c([N+](=O)[O-])c1. The molecule has 1 aromatic heterocycles. The van der Waals surface area contributed by atoms with E-state index in [1.165, 1.54) is 30.0 Å². The van der Waals surface area contributed by atoms with Crippen molar-refractivity contribution < 1.29 is 14.5 Å². The zero-order chi connectivity index (χ0) is 23.8. The van der Waals surface area contributed by atoms with Crippen molar-refractivity contribution in [2.24, 2.45) is 5.92 Å². The second-order valence-electron chi connectivity index (χ2n) is 7.59. The number of halogens is 1. The van der Waals surface area contributed by atoms with Gasteiger partial charge < -0.3 is 14.6 Å². The molecule has 9 nitrogen and oxygen atoms in total. The number of aromatic nitrogens is 3. The van der Waals surface area contributed by atoms with Gasteiger partial charge in [-0.05, 0) is 36.6 Å². The van der Waals surface area contributed by atoms with Crippen LogP contribution in [0, 0.1) is 16.0 Å². The van der Waals surface area contributed by atoms with Crippen LogP contribution in [0.25, 0.3) is 0 Å². The molecule has 2 aromatic carbocycles. The largest absolute Gasteiger partial charge is 0.486 e. The van der Waals surface area contributed by atoms with Gasteiger partial charge in [-0.2, -0.15) is 0 Å². The number of carbonyl (C=O) groups is 1. The summed E-state index contributed by atoms with van der Waals surface area (Å²) in [6, 6.07) is 13.6. The highest BCUT2D eigenvalue weighted by Crippen LogP contribution is 2.27. The van der Waals surface area contributed by atoms with Crippen LogP contribution < -0.4 is 10.1 Å². The summed E-state index contributed by atoms with van der Waals surface area (Å²) >= 11 is 7.06. The van der Waals surface area contributed by atoms with Crippen molar-refractivity contribution in [1.29, 1.82) is 0 Å². The second kappa shape index (κ2) is 11.7. The van der Waals surface area contributed by atoms with Gasteiger partial charge in [0.05, 0.1) is 10.7 Å². The molecule has 1 amide bonds. The first-order valence-electron chi connectivity index (χ1n) is 10.3. The number of thioether (sulfide) groups is 1. The van der Waals surface area contributed by atoms with Crippen molar-refractivity contribution in [1.82, 2.24) is 14.8 Å². The highest BCUT2D eigenvalue weighted by atomic mass is 35.5. The molecule has 0 aliphatic heterocycles. The number of nitrogens with one attached hydrogen (secondary N) is 1. The van der Waals surface area contributed by atoms with Crippen molar-refractivity contribution in [3.05, 3.63) is 69.5 Å². The molecule has 0 aliphatic rings. The van der Waals surface area contributed by atoms with Crippen LogP contribution in [0.5, 0.6) is 5.75 Å². The van der Waals surface area contributed by atoms with Crippen LogP contribution in [0.3, 0.4) is 0 Å². The van der Waals surface area contributed by atoms with Gasteiger partial charge >= 0.3 is 0 Å². The molecule has 0 saturated heterocycles. The smallest absolute Gasteiger partial charge is 0.289 e. The number of amides is 1. The molecule has 0 spiro atoms. The number of rotatable bonds is 11. The van der Waals surface area contributed by atoms with E-state index >= 15 is 0 Å². The molecule has 0 aliphatic carbocycles. The molecule has 0 atom stereocenters. The van der Waals surface area contributed by atoms with Gasteiger partial charge in [-0.15, -0.1) is 10.2 Å². The van der Waals surface area contributed by atoms with E-state index in [-0.39, 0.29) is 29.0 Å². The summed E-state index contributed by atoms with van der Waals surface area (Å²) in [5.74, 6) is 1.64. The Balaban J connectivity index is 1.65. The number of nitrogens with zero attached hydrogens (tertiary/aromatic N) is 4. The summed E-state index contributed by atoms with van der Waals surface area (Å²) in [5.41, 5.74) is 0.0357. The van der Waals surface area contributed by atoms with Crippen LogP contribution in [-0.2, 0) is 17.9 Å². The quantitative estimate of drug-likeness (QED) is 0.224. The van der Waals surface area contributed by atoms with E-state index in [1.807, 2.05) is 34.9 Å². The minimum atomic E-state index is -0.594. The minimum absolute atomic E-state index is 0.0101. The summed E-state index contributed by atoms with van der Waals surface area (Å²) in [6.07, 6.45) is 0.921. The summed E-state index contributed by atoms with van der Waals surface area (Å²) in [6.45, 7) is 5.23. The molecular weight excluding hydrogens is 466 g/mol. The van der Waals surface area contributed by atoms with Crippen LogP contribution in [-0.4, -0.2) is 31.3 Å². The Labute approximate surface area is 200 Å². The fourth-order valence-electron chi connectivity index (χ4n) is 2.87. The molecule has 0 unspecified atom stereocenters. The average Bonchev–Trinajstić information content (AvgIpc) is 3.18. The van der Waals surface area contributed by atoms with Gasteiger partial charge in [0.25, 0.3) is 5.69 Å². The Morgan fingerprint density at radius 1 is 1.24 bits per heavy atom. The Morgan fingerprint density at radius 2 is 2.00 bits per heavy atom. The van der Waals surface area contributed by atoms with Crippen LogP contribution in [0.1, 0.15) is 26.1 Å². The molecule has 3 aromatic rings. The predicted octanol–water partition coefficient (Wildman–Crippen LogP) is 5.20. The molecule has 11 heteroatoms. The number of hydrogen-bond donors (Lipinski definition) is 1. The van der Waals surface area contributed by atoms with E-state index in [9.17, 15) is 14.9 Å². The Hall–Kier alpha value is -3.11. The zero-order valence-electron chi connectivity index (χ0n) is 18.2. The van der Waals surface area contributed by atoms with Crippen LogP contribution in [0.2, 0.25) is 5.02 Å². The van der Waals surface area contributed by atoms with Crippen molar-refractivity contribution in [3.63, 3.8) is 0 Å². The Kier molecular flexibility index (Phi) is 8.67. The van der Waals surface area contributed by atoms with Gasteiger partial charge in [0.1, 0.15) is 17.4 Å². The third-order valence-electron chi connectivity index (χ3n) is 4.59. The molecule has 174 valence electrons. The maximum Gasteiger partial charge on any atom is 0.289 e. The standard InChI is InChI=1S/C22H24ClN5O4S/c1-15(2)10-11-27-20(13-32-17-6-4-3-5-7-17)25-26-22(27)33-14-21(29)24-16-8-9-18(23)19(12-16)28(30)31/h3-9,12,15H,10-11,13-14H2,1-2H3,(H,24,29). The lowest BCUT2D eigenvalue weighted by Gasteiger charge is -2.12. The second-order valence-corrected chi connectivity index (χ2v) is 8.94. The number of anilines is 1. The number of ether oxygens (including phenoxy) is 1. The van der Waals surface area contributed by atoms with Gasteiger partial charge in [0.15, 0.2) is 11.0 Å². The molecule has 1 heterocycles. The van der Waals surface area contributed by atoms with E-state index in [0.29, 0.717) is 29.1 Å². The lowest BCUT2D eigenvalue weighted by molar-refractivity contribution is -0.384. The summed E-state index contributed by atoms with van der Waals surface area (Å²) in [5, 5.41) is 22.8. The summed E-state index contributed by atoms with van der Waals surface area (Å²) < 4.78 is 7.79. The highest BCUT2D eigenvalue weighted by Gasteiger charge is 2.17. The van der Waals surface area contributed by atoms with Gasteiger partial charge in [-0.3, -0.25) is 14.9 Å². The highest BCUT2D eigenvalue weighted by molar-refractivity contribution is 7.99. The number of nitro benzene ring substituents is 1. The van der Waals surface area contributed by atoms with E-state index in [1.54, 1.807) is 0 Å². The first-order chi connectivity index (χ1) is 15.8. The van der Waals surface area contributed by atoms with E-state index in [2.05, 4.69) is 29.4 Å². The Morgan fingerprint density at radius 3 is 2.70 bits per heavy atom. The summed E-state index contributed by atoms with van der Waals surface area (Å²) in [7, 11) is 0. The van der Waals surface area contributed by atoms with E-state index in [0.717, 1.165) is 12.2 Å². The van der Waals surface area contributed by atoms with Gasteiger partial charge in [-0.1, -0.05) is 55.4 Å². The van der Waals surface area contributed by atoms with Crippen molar-refractivity contribution >= 4 is 40.6 Å². The third kappa shape index (κ3) is 7.19. The summed E-state index contributed by atoms with van der Waals surface area (Å²) in [4.78, 5) is 22.9. The molecule has 33 heavy (non-hydrogen) atoms. The fourth-order valence-corrected chi connectivity index (χ4v) is 3.84. The van der Waals surface area contributed by atoms with Crippen LogP contribution >= 0.6 is 23.4 Å². The third-order valence-corrected chi connectivity index (χ3v) is 5.88. The normalized spacial score (nSPS) is 10.9. The molecule has 0 radical (unpaired) electrons. The maximum atomic E-state index is 12.4. The number of hydrogen-bond acceptors (Lipinski definition) is 7. The topological polar surface area (TPSA) is 112 Å². The zero-order valence-corrected chi connectivity index (χ0v) is 19.8. The van der Waals surface area contributed by atoms with Gasteiger partial charge in [0.2, 0.25) is 5.91 Å². The molecule has 1 N–H and O–H groups in total. The predicted molar refractivity (Wildman–Crippen MR) is 128 cm³/mol. The van der Waals surface area contributed by atoms with E-state index in [4.69, 9.17) is 16.3 Å². The van der Waals surface area contributed by atoms with Crippen LogP contribution in [0.15, 0.2) is 53.7 Å². The number of carbonyl (C=O) groups excluding carboxylic acids is 1. The monoisotopic (exact) mass is 489 g/mol. The first kappa shape index (κ1) is 24.5. The van der Waals surface area contributed by atoms with Gasteiger partial charge in [0, 0.05) is 18.3 Å². The number of para-hydroxylation sites is 1. The van der Waals surface area contributed by atoms with Gasteiger partial charge in [-0.25, -0.2) is 0 Å². The molecule has 0 saturated carbocycles. The van der Waals surface area contributed by atoms with Crippen molar-refractivity contribution in [2.75, 3.05) is 11.1 Å². The van der Waals surface area contributed by atoms with Crippen molar-refractivity contribution in [2.45, 2.75) is 38.6 Å². The molecular formula is C22H24ClN5O4S. The lowest BCUT2D eigenvalue weighted by atomic mass is 10.1. The molecule has 3 rings (SSSR count). The number of benzene rings is 2. The minimum Gasteiger partial charge on any atom is -0.486 e.